The van der Waals surface area contributed by atoms with Crippen molar-refractivity contribution in [3.63, 3.8) is 0 Å². The Labute approximate surface area is 145 Å². The van der Waals surface area contributed by atoms with Crippen LogP contribution in [-0.4, -0.2) is 19.5 Å². The SMILES string of the molecule is CCCCn1c(-c2ccccc2Cl)nc2nc3ccccc3nc21. The van der Waals surface area contributed by atoms with Crippen LogP contribution < -0.4 is 0 Å². The Morgan fingerprint density at radius 3 is 2.38 bits per heavy atom. The number of hydrogen-bond acceptors (Lipinski definition) is 3. The number of aryl methyl sites for hydroxylation is 1. The Hall–Kier alpha value is -2.46. The third kappa shape index (κ3) is 2.53. The minimum atomic E-state index is 0.666. The molecule has 0 spiro atoms. The van der Waals surface area contributed by atoms with Gasteiger partial charge in [-0.1, -0.05) is 49.2 Å². The average Bonchev–Trinajstić information content (AvgIpc) is 2.95. The quantitative estimate of drug-likeness (QED) is 0.520. The van der Waals surface area contributed by atoms with Gasteiger partial charge in [-0.25, -0.2) is 15.0 Å². The van der Waals surface area contributed by atoms with Crippen LogP contribution in [-0.2, 0) is 6.54 Å². The molecule has 0 aliphatic heterocycles. The molecule has 4 aromatic rings. The highest BCUT2D eigenvalue weighted by molar-refractivity contribution is 6.33. The summed E-state index contributed by atoms with van der Waals surface area (Å²) in [5.74, 6) is 0.833. The van der Waals surface area contributed by atoms with Crippen molar-refractivity contribution in [3.8, 4) is 11.4 Å². The third-order valence-corrected chi connectivity index (χ3v) is 4.44. The van der Waals surface area contributed by atoms with Crippen LogP contribution in [0, 0.1) is 0 Å². The molecule has 5 heteroatoms. The van der Waals surface area contributed by atoms with Gasteiger partial charge in [0, 0.05) is 12.1 Å². The van der Waals surface area contributed by atoms with Crippen molar-refractivity contribution in [1.82, 2.24) is 19.5 Å². The number of imidazole rings is 1. The Bertz CT molecular complexity index is 1020. The van der Waals surface area contributed by atoms with Crippen LogP contribution in [0.5, 0.6) is 0 Å². The Morgan fingerprint density at radius 1 is 0.917 bits per heavy atom. The highest BCUT2D eigenvalue weighted by atomic mass is 35.5. The van der Waals surface area contributed by atoms with E-state index in [1.807, 2.05) is 48.5 Å². The third-order valence-electron chi connectivity index (χ3n) is 4.11. The maximum Gasteiger partial charge on any atom is 0.198 e. The van der Waals surface area contributed by atoms with Gasteiger partial charge in [-0.15, -0.1) is 0 Å². The lowest BCUT2D eigenvalue weighted by molar-refractivity contribution is 0.647. The first-order valence-electron chi connectivity index (χ1n) is 8.16. The molecule has 0 fully saturated rings. The molecule has 4 rings (SSSR count). The minimum Gasteiger partial charge on any atom is -0.307 e. The highest BCUT2D eigenvalue weighted by Gasteiger charge is 2.17. The normalized spacial score (nSPS) is 11.4. The molecular weight excluding hydrogens is 320 g/mol. The van der Waals surface area contributed by atoms with E-state index in [2.05, 4.69) is 16.5 Å². The standard InChI is InChI=1S/C19H17ClN4/c1-2-3-12-24-18(13-8-4-5-9-14(13)20)23-17-19(24)22-16-11-7-6-10-15(16)21-17/h4-11H,2-3,12H2,1H3. The van der Waals surface area contributed by atoms with E-state index in [1.54, 1.807) is 0 Å². The highest BCUT2D eigenvalue weighted by Crippen LogP contribution is 2.30. The second kappa shape index (κ2) is 6.21. The second-order valence-electron chi connectivity index (χ2n) is 5.78. The minimum absolute atomic E-state index is 0.666. The largest absolute Gasteiger partial charge is 0.307 e. The molecule has 0 N–H and O–H groups in total. The molecule has 24 heavy (non-hydrogen) atoms. The van der Waals surface area contributed by atoms with E-state index in [0.717, 1.165) is 47.5 Å². The molecule has 2 aromatic carbocycles. The Morgan fingerprint density at radius 2 is 1.62 bits per heavy atom. The molecule has 0 aliphatic carbocycles. The maximum atomic E-state index is 6.40. The summed E-state index contributed by atoms with van der Waals surface area (Å²) in [5.41, 5.74) is 4.14. The summed E-state index contributed by atoms with van der Waals surface area (Å²) < 4.78 is 2.14. The molecule has 0 saturated heterocycles. The molecule has 0 bridgehead atoms. The number of nitrogens with zero attached hydrogens (tertiary/aromatic N) is 4. The zero-order chi connectivity index (χ0) is 16.5. The molecule has 0 atom stereocenters. The molecule has 2 aromatic heterocycles. The van der Waals surface area contributed by atoms with E-state index >= 15 is 0 Å². The zero-order valence-corrected chi connectivity index (χ0v) is 14.2. The summed E-state index contributed by atoms with van der Waals surface area (Å²) in [6, 6.07) is 15.7. The number of para-hydroxylation sites is 2. The molecule has 0 unspecified atom stereocenters. The van der Waals surface area contributed by atoms with Gasteiger partial charge < -0.3 is 4.57 Å². The first kappa shape index (κ1) is 15.1. The smallest absolute Gasteiger partial charge is 0.198 e. The van der Waals surface area contributed by atoms with Gasteiger partial charge in [-0.3, -0.25) is 0 Å². The van der Waals surface area contributed by atoms with Crippen molar-refractivity contribution in [1.29, 1.82) is 0 Å². The van der Waals surface area contributed by atoms with Gasteiger partial charge in [0.05, 0.1) is 16.1 Å². The van der Waals surface area contributed by atoms with Crippen LogP contribution in [0.4, 0.5) is 0 Å². The van der Waals surface area contributed by atoms with Gasteiger partial charge >= 0.3 is 0 Å². The predicted octanol–water partition coefficient (Wildman–Crippen LogP) is 5.10. The van der Waals surface area contributed by atoms with Gasteiger partial charge in [0.15, 0.2) is 11.3 Å². The van der Waals surface area contributed by atoms with E-state index in [-0.39, 0.29) is 0 Å². The number of rotatable bonds is 4. The van der Waals surface area contributed by atoms with E-state index in [4.69, 9.17) is 21.6 Å². The van der Waals surface area contributed by atoms with E-state index in [1.165, 1.54) is 0 Å². The monoisotopic (exact) mass is 336 g/mol. The molecule has 120 valence electrons. The number of benzene rings is 2. The summed E-state index contributed by atoms with van der Waals surface area (Å²) in [6.45, 7) is 3.02. The molecule has 0 aliphatic rings. The van der Waals surface area contributed by atoms with E-state index in [9.17, 15) is 0 Å². The van der Waals surface area contributed by atoms with Gasteiger partial charge in [-0.2, -0.15) is 0 Å². The molecular formula is C19H17ClN4. The van der Waals surface area contributed by atoms with Crippen molar-refractivity contribution in [2.45, 2.75) is 26.3 Å². The van der Waals surface area contributed by atoms with Gasteiger partial charge in [0.2, 0.25) is 0 Å². The van der Waals surface area contributed by atoms with Crippen molar-refractivity contribution < 1.29 is 0 Å². The van der Waals surface area contributed by atoms with Crippen molar-refractivity contribution in [3.05, 3.63) is 53.6 Å². The van der Waals surface area contributed by atoms with E-state index < -0.39 is 0 Å². The second-order valence-corrected chi connectivity index (χ2v) is 6.19. The van der Waals surface area contributed by atoms with Crippen LogP contribution in [0.3, 0.4) is 0 Å². The number of fused-ring (bicyclic) bond motifs is 2. The lowest BCUT2D eigenvalue weighted by Crippen LogP contribution is -2.02. The van der Waals surface area contributed by atoms with Crippen molar-refractivity contribution >= 4 is 33.9 Å². The molecule has 0 amide bonds. The lowest BCUT2D eigenvalue weighted by Gasteiger charge is -2.09. The van der Waals surface area contributed by atoms with Gasteiger partial charge in [0.25, 0.3) is 0 Å². The van der Waals surface area contributed by atoms with Crippen LogP contribution >= 0.6 is 11.6 Å². The molecule has 2 heterocycles. The van der Waals surface area contributed by atoms with E-state index in [0.29, 0.717) is 10.7 Å². The molecule has 0 radical (unpaired) electrons. The first-order valence-corrected chi connectivity index (χ1v) is 8.53. The number of halogens is 1. The number of aromatic nitrogens is 4. The fourth-order valence-corrected chi connectivity index (χ4v) is 3.09. The molecule has 0 saturated carbocycles. The lowest BCUT2D eigenvalue weighted by atomic mass is 10.2. The first-order chi connectivity index (χ1) is 11.8. The van der Waals surface area contributed by atoms with Gasteiger partial charge in [0.1, 0.15) is 5.82 Å². The molecule has 4 nitrogen and oxygen atoms in total. The predicted molar refractivity (Wildman–Crippen MR) is 98.2 cm³/mol. The summed E-state index contributed by atoms with van der Waals surface area (Å²) in [5, 5.41) is 0.690. The summed E-state index contributed by atoms with van der Waals surface area (Å²) >= 11 is 6.40. The van der Waals surface area contributed by atoms with Crippen LogP contribution in [0.1, 0.15) is 19.8 Å². The summed E-state index contributed by atoms with van der Waals surface area (Å²) in [7, 11) is 0. The number of hydrogen-bond donors (Lipinski definition) is 0. The summed E-state index contributed by atoms with van der Waals surface area (Å²) in [6.07, 6.45) is 2.15. The fourth-order valence-electron chi connectivity index (χ4n) is 2.87. The zero-order valence-electron chi connectivity index (χ0n) is 13.4. The van der Waals surface area contributed by atoms with Crippen molar-refractivity contribution in [2.24, 2.45) is 0 Å². The Balaban J connectivity index is 2.01. The van der Waals surface area contributed by atoms with Crippen LogP contribution in [0.25, 0.3) is 33.7 Å². The van der Waals surface area contributed by atoms with Gasteiger partial charge in [-0.05, 0) is 30.7 Å². The number of unbranched alkanes of at least 4 members (excludes halogenated alkanes) is 1. The Kier molecular flexibility index (Phi) is 3.90. The summed E-state index contributed by atoms with van der Waals surface area (Å²) in [4.78, 5) is 14.2. The maximum absolute atomic E-state index is 6.40. The fraction of sp³-hybridized carbons (Fsp3) is 0.211. The van der Waals surface area contributed by atoms with Crippen LogP contribution in [0.2, 0.25) is 5.02 Å². The average molecular weight is 337 g/mol. The topological polar surface area (TPSA) is 43.6 Å². The van der Waals surface area contributed by atoms with Crippen LogP contribution in [0.15, 0.2) is 48.5 Å². The van der Waals surface area contributed by atoms with Crippen molar-refractivity contribution in [2.75, 3.05) is 0 Å².